The maximum absolute atomic E-state index is 13.5. The lowest BCUT2D eigenvalue weighted by Gasteiger charge is -2.40. The number of hydrogen-bond acceptors (Lipinski definition) is 20. The number of benzene rings is 3. The molecule has 0 aromatic heterocycles. The van der Waals surface area contributed by atoms with Gasteiger partial charge >= 0.3 is 17.9 Å². The Kier molecular flexibility index (Phi) is 13.9. The van der Waals surface area contributed by atoms with Gasteiger partial charge in [0.05, 0.1) is 29.3 Å². The highest BCUT2D eigenvalue weighted by Gasteiger charge is 2.45. The summed E-state index contributed by atoms with van der Waals surface area (Å²) in [6, 6.07) is 2.51. The number of hydrogen-bond donors (Lipinski definition) is 12. The number of phenolic OH excluding ortho intramolecular Hbond substituents is 6. The lowest BCUT2D eigenvalue weighted by molar-refractivity contribution is -0.221. The van der Waals surface area contributed by atoms with Crippen LogP contribution in [0.2, 0.25) is 0 Å². The Labute approximate surface area is 340 Å². The van der Waals surface area contributed by atoms with Crippen LogP contribution in [0.4, 0.5) is 0 Å². The second-order valence-electron chi connectivity index (χ2n) is 13.2. The van der Waals surface area contributed by atoms with Crippen LogP contribution in [-0.4, -0.2) is 150 Å². The number of carbonyl (C=O) groups is 6. The van der Waals surface area contributed by atoms with Gasteiger partial charge in [0.15, 0.2) is 52.6 Å². The van der Waals surface area contributed by atoms with E-state index >= 15 is 0 Å². The molecule has 12 N–H and O–H groups in total. The highest BCUT2D eigenvalue weighted by atomic mass is 16.6. The van der Waals surface area contributed by atoms with E-state index in [1.165, 1.54) is 12.1 Å². The zero-order valence-corrected chi connectivity index (χ0v) is 31.0. The first-order valence-electron chi connectivity index (χ1n) is 17.6. The van der Waals surface area contributed by atoms with Gasteiger partial charge in [-0.15, -0.1) is 0 Å². The maximum atomic E-state index is 13.5. The van der Waals surface area contributed by atoms with Crippen LogP contribution in [0.25, 0.3) is 10.4 Å². The van der Waals surface area contributed by atoms with E-state index < -0.39 is 167 Å². The molecular weight excluding hydrogens is 820 g/mol. The monoisotopic (exact) mass is 856 g/mol. The SMILES string of the molecule is [N-]=[N+]=NC[C@H]1O[C@@H](c2ccc(C(=O)NC3COC(=O)C(NC(=O)c4cccc(O)c4O)COC(=O)C(NC(=O)c4cccc(O)c4O)COC3=O)c(O)c2O)[C@H](O)[C@@H](O)[C@@H]1O. The average Bonchev–Trinajstić information content (AvgIpc) is 3.23. The zero-order valence-electron chi connectivity index (χ0n) is 31.0. The molecule has 0 saturated carbocycles. The van der Waals surface area contributed by atoms with Crippen LogP contribution < -0.4 is 16.0 Å². The Morgan fingerprint density at radius 1 is 0.607 bits per heavy atom. The topological polar surface area (TPSA) is 406 Å². The lowest BCUT2D eigenvalue weighted by Crippen LogP contribution is -2.55. The van der Waals surface area contributed by atoms with Crippen LogP contribution in [0.15, 0.2) is 53.6 Å². The van der Waals surface area contributed by atoms with Crippen molar-refractivity contribution >= 4 is 35.6 Å². The van der Waals surface area contributed by atoms with Crippen molar-refractivity contribution in [2.75, 3.05) is 26.4 Å². The van der Waals surface area contributed by atoms with E-state index in [0.717, 1.165) is 36.4 Å². The smallest absolute Gasteiger partial charge is 0.332 e. The molecule has 3 amide bonds. The molecule has 25 nitrogen and oxygen atoms in total. The number of azide groups is 1. The number of aliphatic hydroxyl groups is 3. The summed E-state index contributed by atoms with van der Waals surface area (Å²) in [7, 11) is 0. The van der Waals surface area contributed by atoms with Crippen molar-refractivity contribution in [2.24, 2.45) is 5.11 Å². The third-order valence-corrected chi connectivity index (χ3v) is 9.24. The summed E-state index contributed by atoms with van der Waals surface area (Å²) >= 11 is 0. The fourth-order valence-corrected chi connectivity index (χ4v) is 5.92. The Morgan fingerprint density at radius 3 is 1.46 bits per heavy atom. The Bertz CT molecular complexity index is 2200. The van der Waals surface area contributed by atoms with Crippen LogP contribution >= 0.6 is 0 Å². The molecule has 2 fully saturated rings. The first kappa shape index (κ1) is 44.5. The number of nitrogens with one attached hydrogen (secondary N) is 3. The van der Waals surface area contributed by atoms with Gasteiger partial charge in [0.1, 0.15) is 44.2 Å². The number of cyclic esters (lactones) is 3. The molecule has 0 aliphatic carbocycles. The quantitative estimate of drug-likeness (QED) is 0.0279. The highest BCUT2D eigenvalue weighted by Crippen LogP contribution is 2.42. The predicted molar refractivity (Wildman–Crippen MR) is 196 cm³/mol. The minimum absolute atomic E-state index is 0.413. The van der Waals surface area contributed by atoms with Gasteiger partial charge in [-0.1, -0.05) is 23.3 Å². The van der Waals surface area contributed by atoms with E-state index in [1.54, 1.807) is 0 Å². The molecule has 3 unspecified atom stereocenters. The summed E-state index contributed by atoms with van der Waals surface area (Å²) in [6.07, 6.45) is -8.60. The summed E-state index contributed by atoms with van der Waals surface area (Å²) in [4.78, 5) is 82.2. The normalized spacial score (nSPS) is 24.5. The lowest BCUT2D eigenvalue weighted by atomic mass is 9.90. The van der Waals surface area contributed by atoms with Crippen molar-refractivity contribution in [3.63, 3.8) is 0 Å². The van der Waals surface area contributed by atoms with Crippen LogP contribution in [0.5, 0.6) is 34.5 Å². The number of para-hydroxylation sites is 2. The first-order valence-corrected chi connectivity index (χ1v) is 17.6. The average molecular weight is 857 g/mol. The summed E-state index contributed by atoms with van der Waals surface area (Å²) in [5, 5.41) is 103. The molecule has 0 bridgehead atoms. The van der Waals surface area contributed by atoms with Crippen LogP contribution in [0, 0.1) is 0 Å². The van der Waals surface area contributed by atoms with E-state index in [-0.39, 0.29) is 0 Å². The molecule has 2 aliphatic heterocycles. The number of phenols is 6. The van der Waals surface area contributed by atoms with Gasteiger partial charge in [0.25, 0.3) is 17.7 Å². The van der Waals surface area contributed by atoms with Crippen LogP contribution in [0.3, 0.4) is 0 Å². The number of rotatable bonds is 9. The third kappa shape index (κ3) is 9.84. The summed E-state index contributed by atoms with van der Waals surface area (Å²) in [6.45, 7) is -3.69. The van der Waals surface area contributed by atoms with Crippen LogP contribution in [-0.2, 0) is 33.3 Å². The van der Waals surface area contributed by atoms with Gasteiger partial charge in [-0.25, -0.2) is 14.4 Å². The molecule has 3 aromatic rings. The molecule has 2 saturated heterocycles. The van der Waals surface area contributed by atoms with Gasteiger partial charge in [-0.3, -0.25) is 14.4 Å². The summed E-state index contributed by atoms with van der Waals surface area (Å²) in [5.74, 6) is -13.5. The number of aromatic hydroxyl groups is 6. The molecule has 25 heteroatoms. The number of aliphatic hydroxyl groups excluding tert-OH is 3. The van der Waals surface area contributed by atoms with Gasteiger partial charge in [0, 0.05) is 10.5 Å². The minimum atomic E-state index is -2.02. The molecule has 324 valence electrons. The van der Waals surface area contributed by atoms with Crippen molar-refractivity contribution in [1.29, 1.82) is 0 Å². The highest BCUT2D eigenvalue weighted by molar-refractivity contribution is 6.02. The van der Waals surface area contributed by atoms with Crippen molar-refractivity contribution < 1.29 is 93.7 Å². The summed E-state index contributed by atoms with van der Waals surface area (Å²) in [5.41, 5.74) is 6.39. The van der Waals surface area contributed by atoms with Gasteiger partial charge in [-0.05, 0) is 35.9 Å². The van der Waals surface area contributed by atoms with Crippen molar-refractivity contribution in [2.45, 2.75) is 48.6 Å². The molecule has 8 atom stereocenters. The second kappa shape index (κ2) is 19.0. The van der Waals surface area contributed by atoms with Crippen molar-refractivity contribution in [3.05, 3.63) is 81.2 Å². The molecule has 61 heavy (non-hydrogen) atoms. The molecule has 2 aliphatic rings. The van der Waals surface area contributed by atoms with E-state index in [0.29, 0.717) is 0 Å². The largest absolute Gasteiger partial charge is 0.504 e. The molecule has 0 spiro atoms. The van der Waals surface area contributed by atoms with E-state index in [4.69, 9.17) is 24.5 Å². The van der Waals surface area contributed by atoms with Crippen molar-refractivity contribution in [1.82, 2.24) is 16.0 Å². The maximum Gasteiger partial charge on any atom is 0.332 e. The fourth-order valence-electron chi connectivity index (χ4n) is 5.92. The zero-order chi connectivity index (χ0) is 44.7. The Morgan fingerprint density at radius 2 is 1.03 bits per heavy atom. The molecule has 2 heterocycles. The Balaban J connectivity index is 1.42. The summed E-state index contributed by atoms with van der Waals surface area (Å²) < 4.78 is 20.9. The number of ether oxygens (including phenoxy) is 4. The van der Waals surface area contributed by atoms with Crippen LogP contribution in [0.1, 0.15) is 42.7 Å². The molecular formula is C36H36N6O19. The number of nitrogens with zero attached hydrogens (tertiary/aromatic N) is 3. The van der Waals surface area contributed by atoms with E-state index in [9.17, 15) is 74.7 Å². The van der Waals surface area contributed by atoms with Gasteiger partial charge < -0.3 is 80.9 Å². The number of esters is 3. The van der Waals surface area contributed by atoms with E-state index in [2.05, 4.69) is 26.0 Å². The van der Waals surface area contributed by atoms with Gasteiger partial charge in [0.2, 0.25) is 0 Å². The van der Waals surface area contributed by atoms with E-state index in [1.807, 2.05) is 0 Å². The molecule has 0 radical (unpaired) electrons. The minimum Gasteiger partial charge on any atom is -0.504 e. The first-order chi connectivity index (χ1) is 28.9. The standard InChI is InChI=1S/C36H36N6O19/c37-42-38-9-22-27(49)28(50)29(51)30(61-22)13-7-8-16(26(48)25(13)47)33(54)41-19-12-60-35(56)17(39-31(52)14-3-1-5-20(43)23(14)45)10-58-34(55)18(11-59-36(19)57)40-32(53)15-4-2-6-21(44)24(15)46/h1-8,17-19,22,27-30,43-51H,9-12H2,(H,39,52)(H,40,53)(H,41,54)/t17?,18?,19?,22-,27-,28+,29-,30+/m1/s1. The molecule has 5 rings (SSSR count). The number of amides is 3. The Hall–Kier alpha value is -7.57. The third-order valence-electron chi connectivity index (χ3n) is 9.24. The molecule has 3 aromatic carbocycles. The second-order valence-corrected chi connectivity index (χ2v) is 13.2. The number of carbonyl (C=O) groups excluding carboxylic acids is 6. The van der Waals surface area contributed by atoms with Gasteiger partial charge in [-0.2, -0.15) is 0 Å². The predicted octanol–water partition coefficient (Wildman–Crippen LogP) is -1.91. The fraction of sp³-hybridized carbons (Fsp3) is 0.333. The van der Waals surface area contributed by atoms with Crippen molar-refractivity contribution in [3.8, 4) is 34.5 Å².